The van der Waals surface area contributed by atoms with Crippen molar-refractivity contribution in [2.24, 2.45) is 0 Å². The van der Waals surface area contributed by atoms with Crippen molar-refractivity contribution in [1.29, 1.82) is 0 Å². The fourth-order valence-corrected chi connectivity index (χ4v) is 3.23. The first-order valence-corrected chi connectivity index (χ1v) is 9.19. The van der Waals surface area contributed by atoms with Gasteiger partial charge in [-0.15, -0.1) is 5.10 Å². The summed E-state index contributed by atoms with van der Waals surface area (Å²) >= 11 is 6.09. The molecule has 1 aliphatic heterocycles. The van der Waals surface area contributed by atoms with E-state index in [1.165, 1.54) is 4.68 Å². The molecule has 1 aliphatic rings. The number of anilines is 2. The van der Waals surface area contributed by atoms with E-state index in [4.69, 9.17) is 11.6 Å². The molecule has 2 N–H and O–H groups in total. The first-order valence-electron chi connectivity index (χ1n) is 8.82. The number of halogens is 1. The van der Waals surface area contributed by atoms with E-state index in [1.54, 1.807) is 18.2 Å². The van der Waals surface area contributed by atoms with Crippen LogP contribution in [-0.4, -0.2) is 26.6 Å². The van der Waals surface area contributed by atoms with Crippen LogP contribution >= 0.6 is 11.6 Å². The van der Waals surface area contributed by atoms with Gasteiger partial charge < -0.3 is 5.32 Å². The van der Waals surface area contributed by atoms with Crippen molar-refractivity contribution in [2.45, 2.75) is 26.3 Å². The molecule has 0 saturated heterocycles. The number of hydrogen-bond donors (Lipinski definition) is 2. The van der Waals surface area contributed by atoms with Crippen molar-refractivity contribution in [3.8, 4) is 11.4 Å². The predicted molar refractivity (Wildman–Crippen MR) is 107 cm³/mol. The third-order valence-corrected chi connectivity index (χ3v) is 5.10. The highest BCUT2D eigenvalue weighted by molar-refractivity contribution is 6.31. The number of rotatable bonds is 4. The van der Waals surface area contributed by atoms with Gasteiger partial charge in [0.15, 0.2) is 5.82 Å². The van der Waals surface area contributed by atoms with Crippen LogP contribution in [0.1, 0.15) is 23.6 Å². The number of fused-ring (bicyclic) bond motifs is 1. The van der Waals surface area contributed by atoms with E-state index in [-0.39, 0.29) is 18.2 Å². The first-order chi connectivity index (χ1) is 13.4. The highest BCUT2D eigenvalue weighted by Gasteiger charge is 2.35. The average molecular weight is 396 g/mol. The highest BCUT2D eigenvalue weighted by Crippen LogP contribution is 2.29. The van der Waals surface area contributed by atoms with Gasteiger partial charge in [0.1, 0.15) is 6.04 Å². The standard InChI is InChI=1S/C20H18ClN5O2/c1-11-6-8-13(9-7-11)18-23-20-24-19(28)16(26(20)25-18)10-17(27)22-15-5-3-4-14(21)12(15)2/h3-9,16H,10H2,1-2H3,(H,22,27)(H,23,24,25,28). The number of hydrogen-bond acceptors (Lipinski definition) is 4. The van der Waals surface area contributed by atoms with Gasteiger partial charge in [-0.05, 0) is 31.5 Å². The molecule has 1 unspecified atom stereocenters. The molecule has 2 aromatic carbocycles. The predicted octanol–water partition coefficient (Wildman–Crippen LogP) is 3.74. The van der Waals surface area contributed by atoms with Gasteiger partial charge >= 0.3 is 0 Å². The molecule has 28 heavy (non-hydrogen) atoms. The van der Waals surface area contributed by atoms with E-state index in [2.05, 4.69) is 20.7 Å². The second kappa shape index (κ2) is 7.09. The van der Waals surface area contributed by atoms with E-state index in [1.807, 2.05) is 38.1 Å². The summed E-state index contributed by atoms with van der Waals surface area (Å²) in [5, 5.41) is 10.5. The number of aromatic nitrogens is 3. The number of aryl methyl sites for hydroxylation is 1. The first kappa shape index (κ1) is 18.2. The van der Waals surface area contributed by atoms with Gasteiger partial charge in [-0.3, -0.25) is 14.9 Å². The Kier molecular flexibility index (Phi) is 4.60. The Balaban J connectivity index is 1.53. The zero-order valence-corrected chi connectivity index (χ0v) is 16.1. The minimum Gasteiger partial charge on any atom is -0.326 e. The van der Waals surface area contributed by atoms with Gasteiger partial charge in [-0.2, -0.15) is 4.98 Å². The van der Waals surface area contributed by atoms with Crippen molar-refractivity contribution in [1.82, 2.24) is 14.8 Å². The van der Waals surface area contributed by atoms with Crippen LogP contribution in [0.4, 0.5) is 11.6 Å². The number of nitrogens with one attached hydrogen (secondary N) is 2. The monoisotopic (exact) mass is 395 g/mol. The fraction of sp³-hybridized carbons (Fsp3) is 0.200. The summed E-state index contributed by atoms with van der Waals surface area (Å²) in [5.41, 5.74) is 3.38. The van der Waals surface area contributed by atoms with Crippen LogP contribution in [0, 0.1) is 13.8 Å². The molecular weight excluding hydrogens is 378 g/mol. The van der Waals surface area contributed by atoms with Crippen molar-refractivity contribution < 1.29 is 9.59 Å². The lowest BCUT2D eigenvalue weighted by Crippen LogP contribution is -2.24. The summed E-state index contributed by atoms with van der Waals surface area (Å²) in [4.78, 5) is 29.2. The van der Waals surface area contributed by atoms with Crippen LogP contribution in [-0.2, 0) is 9.59 Å². The fourth-order valence-electron chi connectivity index (χ4n) is 3.05. The molecule has 1 aromatic heterocycles. The maximum atomic E-state index is 12.5. The number of benzene rings is 2. The summed E-state index contributed by atoms with van der Waals surface area (Å²) in [5.74, 6) is 0.248. The van der Waals surface area contributed by atoms with E-state index in [0.29, 0.717) is 22.5 Å². The lowest BCUT2D eigenvalue weighted by molar-refractivity contribution is -0.123. The molecule has 2 amide bonds. The van der Waals surface area contributed by atoms with Crippen molar-refractivity contribution in [2.75, 3.05) is 10.6 Å². The molecule has 8 heteroatoms. The maximum Gasteiger partial charge on any atom is 0.252 e. The number of amides is 2. The largest absolute Gasteiger partial charge is 0.326 e. The molecule has 142 valence electrons. The van der Waals surface area contributed by atoms with Crippen LogP contribution in [0.3, 0.4) is 0 Å². The molecular formula is C20H18ClN5O2. The lowest BCUT2D eigenvalue weighted by atomic mass is 10.1. The van der Waals surface area contributed by atoms with Gasteiger partial charge in [0.25, 0.3) is 5.91 Å². The Bertz CT molecular complexity index is 1070. The zero-order valence-electron chi connectivity index (χ0n) is 15.4. The molecule has 0 bridgehead atoms. The Hall–Kier alpha value is -3.19. The van der Waals surface area contributed by atoms with Gasteiger partial charge in [-0.1, -0.05) is 47.5 Å². The highest BCUT2D eigenvalue weighted by atomic mass is 35.5. The zero-order chi connectivity index (χ0) is 19.8. The molecule has 1 atom stereocenters. The van der Waals surface area contributed by atoms with Crippen molar-refractivity contribution >= 4 is 35.1 Å². The third kappa shape index (κ3) is 3.36. The van der Waals surface area contributed by atoms with Gasteiger partial charge in [0.2, 0.25) is 11.9 Å². The molecule has 0 spiro atoms. The van der Waals surface area contributed by atoms with E-state index < -0.39 is 6.04 Å². The smallest absolute Gasteiger partial charge is 0.252 e. The Morgan fingerprint density at radius 3 is 2.71 bits per heavy atom. The summed E-state index contributed by atoms with van der Waals surface area (Å²) in [6.45, 7) is 3.82. The topological polar surface area (TPSA) is 88.9 Å². The van der Waals surface area contributed by atoms with E-state index in [9.17, 15) is 9.59 Å². The van der Waals surface area contributed by atoms with Gasteiger partial charge in [0.05, 0.1) is 6.42 Å². The quantitative estimate of drug-likeness (QED) is 0.704. The molecule has 0 radical (unpaired) electrons. The second-order valence-corrected chi connectivity index (χ2v) is 7.15. The van der Waals surface area contributed by atoms with Crippen molar-refractivity contribution in [3.63, 3.8) is 0 Å². The van der Waals surface area contributed by atoms with Gasteiger partial charge in [0, 0.05) is 16.3 Å². The second-order valence-electron chi connectivity index (χ2n) is 6.74. The Morgan fingerprint density at radius 2 is 1.96 bits per heavy atom. The lowest BCUT2D eigenvalue weighted by Gasteiger charge is -2.12. The van der Waals surface area contributed by atoms with Crippen LogP contribution in [0.25, 0.3) is 11.4 Å². The van der Waals surface area contributed by atoms with E-state index in [0.717, 1.165) is 16.7 Å². The maximum absolute atomic E-state index is 12.5. The third-order valence-electron chi connectivity index (χ3n) is 4.69. The SMILES string of the molecule is Cc1ccc(-c2nc3n(n2)C(CC(=O)Nc2cccc(Cl)c2C)C(=O)N3)cc1. The molecule has 4 rings (SSSR count). The average Bonchev–Trinajstić information content (AvgIpc) is 3.18. The molecule has 0 saturated carbocycles. The number of carbonyl (C=O) groups is 2. The molecule has 7 nitrogen and oxygen atoms in total. The Morgan fingerprint density at radius 1 is 1.21 bits per heavy atom. The summed E-state index contributed by atoms with van der Waals surface area (Å²) in [6.07, 6.45) is -0.0541. The molecule has 2 heterocycles. The van der Waals surface area contributed by atoms with Crippen LogP contribution in [0.15, 0.2) is 42.5 Å². The number of carbonyl (C=O) groups excluding carboxylic acids is 2. The minimum atomic E-state index is -0.749. The van der Waals surface area contributed by atoms with Gasteiger partial charge in [-0.25, -0.2) is 4.68 Å². The van der Waals surface area contributed by atoms with Crippen LogP contribution in [0.5, 0.6) is 0 Å². The number of nitrogens with zero attached hydrogens (tertiary/aromatic N) is 3. The Labute approximate surface area is 166 Å². The summed E-state index contributed by atoms with van der Waals surface area (Å²) < 4.78 is 1.47. The van der Waals surface area contributed by atoms with Crippen LogP contribution < -0.4 is 10.6 Å². The molecule has 0 aliphatic carbocycles. The summed E-state index contributed by atoms with van der Waals surface area (Å²) in [7, 11) is 0. The molecule has 0 fully saturated rings. The molecule has 3 aromatic rings. The van der Waals surface area contributed by atoms with Crippen molar-refractivity contribution in [3.05, 3.63) is 58.6 Å². The minimum absolute atomic E-state index is 0.0541. The summed E-state index contributed by atoms with van der Waals surface area (Å²) in [6, 6.07) is 12.3. The van der Waals surface area contributed by atoms with E-state index >= 15 is 0 Å². The van der Waals surface area contributed by atoms with Crippen LogP contribution in [0.2, 0.25) is 5.02 Å². The normalized spacial score (nSPS) is 15.2.